The number of hydrogen-bond acceptors (Lipinski definition) is 6. The molecule has 0 aliphatic carbocycles. The molecule has 0 bridgehead atoms. The third-order valence-corrected chi connectivity index (χ3v) is 7.20. The zero-order chi connectivity index (χ0) is 19.4. The van der Waals surface area contributed by atoms with Gasteiger partial charge in [0, 0.05) is 24.4 Å². The molecule has 1 N–H and O–H groups in total. The Kier molecular flexibility index (Phi) is 5.77. The van der Waals surface area contributed by atoms with Crippen molar-refractivity contribution in [2.45, 2.75) is 15.8 Å². The molecular formula is C19H20N4O3S2. The summed E-state index contributed by atoms with van der Waals surface area (Å²) in [6, 6.07) is 16.8. The van der Waals surface area contributed by atoms with Gasteiger partial charge < -0.3 is 4.74 Å². The molecule has 0 unspecified atom stereocenters. The van der Waals surface area contributed by atoms with Crippen molar-refractivity contribution in [3.63, 3.8) is 0 Å². The van der Waals surface area contributed by atoms with Gasteiger partial charge in [-0.25, -0.2) is 13.4 Å². The molecule has 0 saturated carbocycles. The van der Waals surface area contributed by atoms with E-state index in [9.17, 15) is 8.42 Å². The van der Waals surface area contributed by atoms with Gasteiger partial charge in [0.1, 0.15) is 0 Å². The van der Waals surface area contributed by atoms with Crippen LogP contribution in [0.4, 0.5) is 0 Å². The first-order chi connectivity index (χ1) is 13.6. The minimum Gasteiger partial charge on any atom is -0.379 e. The van der Waals surface area contributed by atoms with E-state index < -0.39 is 10.0 Å². The van der Waals surface area contributed by atoms with Crippen LogP contribution in [0.5, 0.6) is 0 Å². The van der Waals surface area contributed by atoms with E-state index in [1.54, 1.807) is 18.2 Å². The lowest BCUT2D eigenvalue weighted by Crippen LogP contribution is -2.40. The molecular weight excluding hydrogens is 396 g/mol. The van der Waals surface area contributed by atoms with Gasteiger partial charge in [0.15, 0.2) is 5.82 Å². The second kappa shape index (κ2) is 8.44. The highest BCUT2D eigenvalue weighted by atomic mass is 32.2. The summed E-state index contributed by atoms with van der Waals surface area (Å²) in [6.45, 7) is 1.65. The van der Waals surface area contributed by atoms with Crippen molar-refractivity contribution >= 4 is 21.8 Å². The molecule has 2 heterocycles. The monoisotopic (exact) mass is 416 g/mol. The van der Waals surface area contributed by atoms with Crippen LogP contribution in [0.3, 0.4) is 0 Å². The van der Waals surface area contributed by atoms with Crippen molar-refractivity contribution < 1.29 is 13.2 Å². The Morgan fingerprint density at radius 3 is 2.64 bits per heavy atom. The maximum Gasteiger partial charge on any atom is 0.243 e. The third-order valence-electron chi connectivity index (χ3n) is 4.39. The number of ether oxygens (including phenoxy) is 1. The number of hydrogen-bond donors (Lipinski definition) is 1. The molecule has 4 rings (SSSR count). The Hall–Kier alpha value is -2.20. The van der Waals surface area contributed by atoms with Crippen molar-refractivity contribution in [3.05, 3.63) is 60.2 Å². The summed E-state index contributed by atoms with van der Waals surface area (Å²) in [7, 11) is -3.49. The summed E-state index contributed by atoms with van der Waals surface area (Å²) in [5.74, 6) is 1.30. The predicted molar refractivity (Wildman–Crippen MR) is 107 cm³/mol. The number of aromatic amines is 1. The van der Waals surface area contributed by atoms with Gasteiger partial charge in [-0.1, -0.05) is 54.2 Å². The van der Waals surface area contributed by atoms with Crippen LogP contribution >= 0.6 is 11.8 Å². The summed E-state index contributed by atoms with van der Waals surface area (Å²) >= 11 is 1.46. The normalized spacial score (nSPS) is 15.6. The molecule has 1 saturated heterocycles. The van der Waals surface area contributed by atoms with E-state index in [1.165, 1.54) is 16.1 Å². The molecule has 146 valence electrons. The minimum absolute atomic E-state index is 0.312. The van der Waals surface area contributed by atoms with Gasteiger partial charge in [-0.2, -0.15) is 4.31 Å². The molecule has 0 radical (unpaired) electrons. The molecule has 1 aliphatic heterocycles. The highest BCUT2D eigenvalue weighted by Gasteiger charge is 2.26. The number of thioether (sulfide) groups is 1. The van der Waals surface area contributed by atoms with Gasteiger partial charge in [0.2, 0.25) is 15.2 Å². The second-order valence-electron chi connectivity index (χ2n) is 6.29. The number of H-pyrrole nitrogens is 1. The smallest absolute Gasteiger partial charge is 0.243 e. The van der Waals surface area contributed by atoms with E-state index in [-0.39, 0.29) is 0 Å². The van der Waals surface area contributed by atoms with Crippen LogP contribution in [0.2, 0.25) is 0 Å². The number of benzene rings is 2. The number of rotatable bonds is 6. The second-order valence-corrected chi connectivity index (χ2v) is 9.17. The zero-order valence-corrected chi connectivity index (χ0v) is 16.7. The van der Waals surface area contributed by atoms with E-state index >= 15 is 0 Å². The van der Waals surface area contributed by atoms with Gasteiger partial charge in [-0.05, 0) is 17.7 Å². The molecule has 1 aliphatic rings. The molecule has 1 aromatic heterocycles. The average molecular weight is 417 g/mol. The first kappa shape index (κ1) is 19.1. The largest absolute Gasteiger partial charge is 0.379 e. The fraction of sp³-hybridized carbons (Fsp3) is 0.263. The van der Waals surface area contributed by atoms with Crippen LogP contribution in [0.1, 0.15) is 5.56 Å². The van der Waals surface area contributed by atoms with Crippen LogP contribution in [-0.4, -0.2) is 54.2 Å². The Morgan fingerprint density at radius 1 is 1.07 bits per heavy atom. The van der Waals surface area contributed by atoms with Crippen LogP contribution in [0.15, 0.2) is 64.6 Å². The molecule has 1 fully saturated rings. The van der Waals surface area contributed by atoms with Crippen LogP contribution in [-0.2, 0) is 20.5 Å². The maximum absolute atomic E-state index is 12.8. The van der Waals surface area contributed by atoms with E-state index in [4.69, 9.17) is 4.74 Å². The number of sulfonamides is 1. The van der Waals surface area contributed by atoms with Gasteiger partial charge in [-0.15, -0.1) is 5.10 Å². The Bertz CT molecular complexity index is 1030. The molecule has 0 spiro atoms. The van der Waals surface area contributed by atoms with E-state index in [2.05, 4.69) is 15.2 Å². The first-order valence-electron chi connectivity index (χ1n) is 8.90. The van der Waals surface area contributed by atoms with Gasteiger partial charge >= 0.3 is 0 Å². The van der Waals surface area contributed by atoms with E-state index in [1.807, 2.05) is 36.4 Å². The molecule has 0 amide bonds. The number of morpholine rings is 1. The van der Waals surface area contributed by atoms with Crippen molar-refractivity contribution in [2.75, 3.05) is 26.3 Å². The van der Waals surface area contributed by atoms with Crippen molar-refractivity contribution in [3.8, 4) is 11.4 Å². The molecule has 7 nitrogen and oxygen atoms in total. The molecule has 3 aromatic rings. The minimum atomic E-state index is -3.49. The van der Waals surface area contributed by atoms with E-state index in [0.29, 0.717) is 47.9 Å². The number of nitrogens with zero attached hydrogens (tertiary/aromatic N) is 3. The summed E-state index contributed by atoms with van der Waals surface area (Å²) in [5.41, 5.74) is 1.88. The lowest BCUT2D eigenvalue weighted by Gasteiger charge is -2.26. The molecule has 9 heteroatoms. The lowest BCUT2D eigenvalue weighted by molar-refractivity contribution is 0.0730. The standard InChI is InChI=1S/C19H20N4O3S2/c24-28(25,23-9-11-26-12-10-23)17-8-4-5-15(13-17)14-27-19-20-18(21-22-19)16-6-2-1-3-7-16/h1-8,13H,9-12,14H2,(H,20,21,22). The fourth-order valence-electron chi connectivity index (χ4n) is 2.92. The van der Waals surface area contributed by atoms with E-state index in [0.717, 1.165) is 11.1 Å². The summed E-state index contributed by atoms with van der Waals surface area (Å²) in [6.07, 6.45) is 0. The average Bonchev–Trinajstić information content (AvgIpc) is 3.23. The predicted octanol–water partition coefficient (Wildman–Crippen LogP) is 2.78. The van der Waals surface area contributed by atoms with Gasteiger partial charge in [0.05, 0.1) is 18.1 Å². The zero-order valence-electron chi connectivity index (χ0n) is 15.1. The summed E-state index contributed by atoms with van der Waals surface area (Å²) < 4.78 is 32.3. The first-order valence-corrected chi connectivity index (χ1v) is 11.3. The molecule has 2 aromatic carbocycles. The molecule has 28 heavy (non-hydrogen) atoms. The Balaban J connectivity index is 1.45. The summed E-state index contributed by atoms with van der Waals surface area (Å²) in [4.78, 5) is 4.81. The highest BCUT2D eigenvalue weighted by Crippen LogP contribution is 2.24. The van der Waals surface area contributed by atoms with Crippen molar-refractivity contribution in [1.29, 1.82) is 0 Å². The van der Waals surface area contributed by atoms with Crippen molar-refractivity contribution in [2.24, 2.45) is 0 Å². The molecule has 0 atom stereocenters. The van der Waals surface area contributed by atoms with Gasteiger partial charge in [-0.3, -0.25) is 5.10 Å². The third kappa shape index (κ3) is 4.27. The number of nitrogens with one attached hydrogen (secondary N) is 1. The number of aromatic nitrogens is 3. The van der Waals surface area contributed by atoms with Crippen LogP contribution in [0, 0.1) is 0 Å². The van der Waals surface area contributed by atoms with Crippen LogP contribution < -0.4 is 0 Å². The van der Waals surface area contributed by atoms with Crippen molar-refractivity contribution in [1.82, 2.24) is 19.5 Å². The quantitative estimate of drug-likeness (QED) is 0.622. The SMILES string of the molecule is O=S(=O)(c1cccc(CSc2n[nH]c(-c3ccccc3)n2)c1)N1CCOCC1. The fourth-order valence-corrected chi connectivity index (χ4v) is 5.14. The maximum atomic E-state index is 12.8. The lowest BCUT2D eigenvalue weighted by atomic mass is 10.2. The highest BCUT2D eigenvalue weighted by molar-refractivity contribution is 7.98. The Labute approximate surface area is 168 Å². The van der Waals surface area contributed by atoms with Crippen LogP contribution in [0.25, 0.3) is 11.4 Å². The van der Waals surface area contributed by atoms with Gasteiger partial charge in [0.25, 0.3) is 0 Å². The summed E-state index contributed by atoms with van der Waals surface area (Å²) in [5, 5.41) is 7.80. The Morgan fingerprint density at radius 2 is 1.86 bits per heavy atom. The topological polar surface area (TPSA) is 88.2 Å².